The van der Waals surface area contributed by atoms with Gasteiger partial charge in [-0.1, -0.05) is 25.3 Å². The Hall–Kier alpha value is -3.05. The minimum Gasteiger partial charge on any atom is -0.487 e. The molecule has 29 heavy (non-hydrogen) atoms. The van der Waals surface area contributed by atoms with Crippen LogP contribution in [-0.4, -0.2) is 23.0 Å². The molecule has 0 radical (unpaired) electrons. The molecule has 1 aliphatic heterocycles. The van der Waals surface area contributed by atoms with Gasteiger partial charge < -0.3 is 9.47 Å². The number of rotatable bonds is 8. The van der Waals surface area contributed by atoms with Crippen LogP contribution in [0.1, 0.15) is 43.9 Å². The largest absolute Gasteiger partial charge is 0.487 e. The zero-order valence-corrected chi connectivity index (χ0v) is 17.3. The van der Waals surface area contributed by atoms with Crippen molar-refractivity contribution in [3.63, 3.8) is 0 Å². The molecule has 0 spiro atoms. The summed E-state index contributed by atoms with van der Waals surface area (Å²) in [5, 5.41) is 19.7. The van der Waals surface area contributed by atoms with Crippen molar-refractivity contribution in [2.75, 3.05) is 6.54 Å². The zero-order valence-electron chi connectivity index (χ0n) is 16.5. The standard InChI is InChI=1S/C21H23N3O4S/c1-5-15(2)29-23-20(8-6-7-11-24(25)26)27-19-13-21(3,4)28-18-10-9-16(14-22)12-17(18)19/h5-7,9-10,12,19H,1-2,8,11,13H2,3-4H3/b7-6-,23-20+/t19-/m0/s1. The minimum absolute atomic E-state index is 0.265. The van der Waals surface area contributed by atoms with Crippen LogP contribution in [0.15, 0.2) is 58.9 Å². The predicted molar refractivity (Wildman–Crippen MR) is 114 cm³/mol. The number of nitriles is 1. The molecule has 0 amide bonds. The molecule has 0 bridgehead atoms. The maximum atomic E-state index is 10.5. The van der Waals surface area contributed by atoms with Crippen molar-refractivity contribution in [2.24, 2.45) is 4.40 Å². The van der Waals surface area contributed by atoms with Crippen LogP contribution in [-0.2, 0) is 4.74 Å². The summed E-state index contributed by atoms with van der Waals surface area (Å²) in [6.07, 6.45) is 5.16. The van der Waals surface area contributed by atoms with Crippen LogP contribution in [0.2, 0.25) is 0 Å². The topological polar surface area (TPSA) is 97.8 Å². The summed E-state index contributed by atoms with van der Waals surface area (Å²) in [7, 11) is 0. The van der Waals surface area contributed by atoms with Gasteiger partial charge in [0.25, 0.3) is 0 Å². The molecule has 1 aromatic rings. The average molecular weight is 413 g/mol. The van der Waals surface area contributed by atoms with Crippen molar-refractivity contribution in [2.45, 2.75) is 38.4 Å². The van der Waals surface area contributed by atoms with Crippen molar-refractivity contribution in [3.8, 4) is 11.8 Å². The van der Waals surface area contributed by atoms with Gasteiger partial charge in [-0.25, -0.2) is 0 Å². The van der Waals surface area contributed by atoms with Crippen LogP contribution in [0.4, 0.5) is 0 Å². The highest BCUT2D eigenvalue weighted by atomic mass is 32.2. The third-order valence-electron chi connectivity index (χ3n) is 4.03. The molecule has 7 nitrogen and oxygen atoms in total. The summed E-state index contributed by atoms with van der Waals surface area (Å²) in [6.45, 7) is 11.1. The zero-order chi connectivity index (χ0) is 21.4. The Kier molecular flexibility index (Phi) is 7.62. The summed E-state index contributed by atoms with van der Waals surface area (Å²) < 4.78 is 16.6. The SMILES string of the molecule is C=CC(=C)S/N=C(\C/C=C\C[N+](=O)[O-])O[C@H]1CC(C)(C)Oc2ccc(C#N)cc21. The Bertz CT molecular complexity index is 900. The Morgan fingerprint density at radius 3 is 2.97 bits per heavy atom. The van der Waals surface area contributed by atoms with Gasteiger partial charge in [0.15, 0.2) is 5.90 Å². The number of benzene rings is 1. The highest BCUT2D eigenvalue weighted by Crippen LogP contribution is 2.42. The monoisotopic (exact) mass is 413 g/mol. The lowest BCUT2D eigenvalue weighted by atomic mass is 9.90. The number of hydrogen-bond donors (Lipinski definition) is 0. The molecule has 0 aromatic heterocycles. The van der Waals surface area contributed by atoms with Crippen molar-refractivity contribution >= 4 is 17.8 Å². The van der Waals surface area contributed by atoms with Gasteiger partial charge in [0.05, 0.1) is 11.6 Å². The second-order valence-electron chi connectivity index (χ2n) is 6.97. The maximum Gasteiger partial charge on any atom is 0.222 e. The quantitative estimate of drug-likeness (QED) is 0.111. The van der Waals surface area contributed by atoms with Crippen molar-refractivity contribution in [1.82, 2.24) is 0 Å². The molecule has 0 saturated heterocycles. The highest BCUT2D eigenvalue weighted by Gasteiger charge is 2.35. The van der Waals surface area contributed by atoms with E-state index >= 15 is 0 Å². The summed E-state index contributed by atoms with van der Waals surface area (Å²) in [4.78, 5) is 10.7. The van der Waals surface area contributed by atoms with Crippen LogP contribution in [0, 0.1) is 21.4 Å². The summed E-state index contributed by atoms with van der Waals surface area (Å²) in [6, 6.07) is 7.36. The van der Waals surface area contributed by atoms with E-state index in [4.69, 9.17) is 9.47 Å². The first-order valence-electron chi connectivity index (χ1n) is 8.96. The summed E-state index contributed by atoms with van der Waals surface area (Å²) in [5.74, 6) is 1.06. The van der Waals surface area contributed by atoms with Crippen molar-refractivity contribution in [3.05, 3.63) is 75.7 Å². The van der Waals surface area contributed by atoms with Crippen LogP contribution < -0.4 is 4.74 Å². The second-order valence-corrected chi connectivity index (χ2v) is 7.86. The molecule has 1 aromatic carbocycles. The Morgan fingerprint density at radius 2 is 2.31 bits per heavy atom. The van der Waals surface area contributed by atoms with Gasteiger partial charge in [-0.05, 0) is 38.1 Å². The fourth-order valence-electron chi connectivity index (χ4n) is 2.73. The van der Waals surface area contributed by atoms with E-state index < -0.39 is 10.5 Å². The van der Waals surface area contributed by atoms with Crippen LogP contribution >= 0.6 is 11.9 Å². The lowest BCUT2D eigenvalue weighted by Crippen LogP contribution is -2.36. The van der Waals surface area contributed by atoms with Crippen molar-refractivity contribution in [1.29, 1.82) is 5.26 Å². The van der Waals surface area contributed by atoms with Gasteiger partial charge >= 0.3 is 0 Å². The van der Waals surface area contributed by atoms with E-state index in [1.54, 1.807) is 30.4 Å². The molecular formula is C21H23N3O4S. The predicted octanol–water partition coefficient (Wildman–Crippen LogP) is 5.15. The third kappa shape index (κ3) is 6.80. The third-order valence-corrected chi connectivity index (χ3v) is 4.73. The van der Waals surface area contributed by atoms with Gasteiger partial charge in [-0.15, -0.1) is 0 Å². The molecule has 0 aliphatic carbocycles. The van der Waals surface area contributed by atoms with Gasteiger partial charge in [0.1, 0.15) is 17.5 Å². The van der Waals surface area contributed by atoms with E-state index in [0.717, 1.165) is 17.5 Å². The summed E-state index contributed by atoms with van der Waals surface area (Å²) >= 11 is 1.13. The Balaban J connectivity index is 2.29. The van der Waals surface area contributed by atoms with Crippen molar-refractivity contribution < 1.29 is 14.4 Å². The fraction of sp³-hybridized carbons (Fsp3) is 0.333. The molecule has 152 valence electrons. The van der Waals surface area contributed by atoms with E-state index in [1.807, 2.05) is 13.8 Å². The number of ether oxygens (including phenoxy) is 2. The van der Waals surface area contributed by atoms with E-state index in [2.05, 4.69) is 23.6 Å². The number of fused-ring (bicyclic) bond motifs is 1. The smallest absolute Gasteiger partial charge is 0.222 e. The molecule has 1 heterocycles. The normalized spacial score (nSPS) is 17.7. The molecule has 1 aliphatic rings. The molecule has 2 rings (SSSR count). The van der Waals surface area contributed by atoms with Gasteiger partial charge in [0.2, 0.25) is 6.54 Å². The average Bonchev–Trinajstić information content (AvgIpc) is 2.67. The minimum atomic E-state index is -0.462. The number of nitro groups is 1. The first-order chi connectivity index (χ1) is 13.7. The molecule has 0 unspecified atom stereocenters. The van der Waals surface area contributed by atoms with Gasteiger partial charge in [-0.3, -0.25) is 10.1 Å². The molecule has 1 atom stereocenters. The van der Waals surface area contributed by atoms with Gasteiger partial charge in [-0.2, -0.15) is 9.66 Å². The molecule has 0 fully saturated rings. The first-order valence-corrected chi connectivity index (χ1v) is 9.73. The number of nitrogens with zero attached hydrogens (tertiary/aromatic N) is 3. The number of hydrogen-bond acceptors (Lipinski definition) is 7. The Labute approximate surface area is 174 Å². The molecular weight excluding hydrogens is 390 g/mol. The maximum absolute atomic E-state index is 10.5. The highest BCUT2D eigenvalue weighted by molar-refractivity contribution is 8.02. The van der Waals surface area contributed by atoms with Crippen LogP contribution in [0.5, 0.6) is 5.75 Å². The number of allylic oxidation sites excluding steroid dienone is 1. The fourth-order valence-corrected chi connectivity index (χ4v) is 3.14. The summed E-state index contributed by atoms with van der Waals surface area (Å²) in [5.41, 5.74) is 0.827. The van der Waals surface area contributed by atoms with E-state index in [0.29, 0.717) is 28.5 Å². The first kappa shape index (κ1) is 22.2. The van der Waals surface area contributed by atoms with Crippen LogP contribution in [0.25, 0.3) is 0 Å². The van der Waals surface area contributed by atoms with Gasteiger partial charge in [0, 0.05) is 40.2 Å². The lowest BCUT2D eigenvalue weighted by molar-refractivity contribution is -0.468. The second kappa shape index (κ2) is 9.94. The molecule has 0 N–H and O–H groups in total. The van der Waals surface area contributed by atoms with Crippen LogP contribution in [0.3, 0.4) is 0 Å². The molecule has 8 heteroatoms. The lowest BCUT2D eigenvalue weighted by Gasteiger charge is -2.37. The molecule has 0 saturated carbocycles. The van der Waals surface area contributed by atoms with E-state index in [-0.39, 0.29) is 19.1 Å². The Morgan fingerprint density at radius 1 is 1.55 bits per heavy atom. The van der Waals surface area contributed by atoms with E-state index in [1.165, 1.54) is 6.08 Å². The van der Waals surface area contributed by atoms with E-state index in [9.17, 15) is 15.4 Å².